The van der Waals surface area contributed by atoms with Crippen LogP contribution in [-0.4, -0.2) is 34.0 Å². The van der Waals surface area contributed by atoms with Crippen LogP contribution in [0.1, 0.15) is 66.9 Å². The lowest BCUT2D eigenvalue weighted by atomic mass is 9.97. The molecule has 1 unspecified atom stereocenters. The molecule has 5 heteroatoms. The number of rotatable bonds is 7. The van der Waals surface area contributed by atoms with Crippen LogP contribution in [0.5, 0.6) is 5.75 Å². The van der Waals surface area contributed by atoms with Gasteiger partial charge in [0.05, 0.1) is 5.03 Å². The molecule has 2 fully saturated rings. The van der Waals surface area contributed by atoms with E-state index in [1.54, 1.807) is 11.8 Å². The molecule has 0 saturated carbocycles. The minimum Gasteiger partial charge on any atom is -0.490 e. The molecule has 4 nitrogen and oxygen atoms in total. The van der Waals surface area contributed by atoms with Gasteiger partial charge in [0, 0.05) is 42.4 Å². The summed E-state index contributed by atoms with van der Waals surface area (Å²) in [6, 6.07) is 23.0. The molecule has 2 bridgehead atoms. The predicted octanol–water partition coefficient (Wildman–Crippen LogP) is 6.71. The van der Waals surface area contributed by atoms with Gasteiger partial charge >= 0.3 is 0 Å². The van der Waals surface area contributed by atoms with E-state index in [9.17, 15) is 4.79 Å². The van der Waals surface area contributed by atoms with E-state index in [0.29, 0.717) is 5.92 Å². The second-order valence-corrected chi connectivity index (χ2v) is 10.7. The zero-order chi connectivity index (χ0) is 23.5. The fourth-order valence-electron chi connectivity index (χ4n) is 5.28. The number of pyridine rings is 1. The van der Waals surface area contributed by atoms with E-state index < -0.39 is 0 Å². The number of ether oxygens (including phenoxy) is 1. The number of carbonyl (C=O) groups is 1. The highest BCUT2D eigenvalue weighted by atomic mass is 32.2. The van der Waals surface area contributed by atoms with Crippen LogP contribution in [0.3, 0.4) is 0 Å². The Morgan fingerprint density at radius 2 is 1.71 bits per heavy atom. The summed E-state index contributed by atoms with van der Waals surface area (Å²) in [5, 5.41) is 1.01. The SMILES string of the molecule is CC(C)c1ccccc1OC1C[C@H]2CC[C@@H](C1)N2C(=O)c1ccc(CSc2ccccn2)cc1. The summed E-state index contributed by atoms with van der Waals surface area (Å²) in [7, 11) is 0. The van der Waals surface area contributed by atoms with Gasteiger partial charge in [0.15, 0.2) is 0 Å². The van der Waals surface area contributed by atoms with Gasteiger partial charge in [-0.1, -0.05) is 50.2 Å². The summed E-state index contributed by atoms with van der Waals surface area (Å²) in [5.74, 6) is 2.44. The van der Waals surface area contributed by atoms with E-state index in [2.05, 4.69) is 54.1 Å². The van der Waals surface area contributed by atoms with Gasteiger partial charge in [0.25, 0.3) is 5.91 Å². The van der Waals surface area contributed by atoms with Crippen LogP contribution in [0, 0.1) is 0 Å². The molecule has 1 amide bonds. The fraction of sp³-hybridized carbons (Fsp3) is 0.379. The van der Waals surface area contributed by atoms with Gasteiger partial charge in [-0.15, -0.1) is 11.8 Å². The van der Waals surface area contributed by atoms with Gasteiger partial charge in [0.2, 0.25) is 0 Å². The van der Waals surface area contributed by atoms with Crippen molar-refractivity contribution < 1.29 is 9.53 Å². The summed E-state index contributed by atoms with van der Waals surface area (Å²) < 4.78 is 6.50. The van der Waals surface area contributed by atoms with Gasteiger partial charge in [-0.3, -0.25) is 4.79 Å². The van der Waals surface area contributed by atoms with Crippen LogP contribution in [0.25, 0.3) is 0 Å². The highest BCUT2D eigenvalue weighted by Gasteiger charge is 2.44. The number of aromatic nitrogens is 1. The molecule has 0 N–H and O–H groups in total. The maximum Gasteiger partial charge on any atom is 0.254 e. The Morgan fingerprint density at radius 3 is 2.38 bits per heavy atom. The zero-order valence-electron chi connectivity index (χ0n) is 19.9. The quantitative estimate of drug-likeness (QED) is 0.358. The Morgan fingerprint density at radius 1 is 1.00 bits per heavy atom. The van der Waals surface area contributed by atoms with Crippen molar-refractivity contribution in [3.05, 3.63) is 89.6 Å². The lowest BCUT2D eigenvalue weighted by Gasteiger charge is -2.39. The summed E-state index contributed by atoms with van der Waals surface area (Å²) in [6.07, 6.45) is 5.95. The lowest BCUT2D eigenvalue weighted by molar-refractivity contribution is 0.0356. The predicted molar refractivity (Wildman–Crippen MR) is 137 cm³/mol. The first-order chi connectivity index (χ1) is 16.6. The maximum absolute atomic E-state index is 13.4. The number of amides is 1. The molecule has 2 aliphatic heterocycles. The summed E-state index contributed by atoms with van der Waals surface area (Å²) >= 11 is 1.71. The van der Waals surface area contributed by atoms with Gasteiger partial charge in [0.1, 0.15) is 11.9 Å². The molecular weight excluding hydrogens is 440 g/mol. The fourth-order valence-corrected chi connectivity index (χ4v) is 6.10. The van der Waals surface area contributed by atoms with E-state index in [-0.39, 0.29) is 24.1 Å². The van der Waals surface area contributed by atoms with Crippen LogP contribution in [0.15, 0.2) is 78.0 Å². The Bertz CT molecular complexity index is 1100. The van der Waals surface area contributed by atoms with Crippen molar-refractivity contribution in [2.45, 2.75) is 74.4 Å². The van der Waals surface area contributed by atoms with E-state index in [4.69, 9.17) is 4.74 Å². The van der Waals surface area contributed by atoms with Crippen molar-refractivity contribution in [2.24, 2.45) is 0 Å². The third-order valence-electron chi connectivity index (χ3n) is 6.98. The summed E-state index contributed by atoms with van der Waals surface area (Å²) in [4.78, 5) is 19.9. The van der Waals surface area contributed by atoms with Gasteiger partial charge in [-0.25, -0.2) is 4.98 Å². The molecule has 2 aliphatic rings. The van der Waals surface area contributed by atoms with Crippen molar-refractivity contribution >= 4 is 17.7 Å². The minimum atomic E-state index is 0.164. The number of para-hydroxylation sites is 1. The summed E-state index contributed by atoms with van der Waals surface area (Å²) in [5.41, 5.74) is 3.24. The van der Waals surface area contributed by atoms with Crippen molar-refractivity contribution in [2.75, 3.05) is 0 Å². The van der Waals surface area contributed by atoms with Gasteiger partial charge in [-0.05, 0) is 60.2 Å². The smallest absolute Gasteiger partial charge is 0.254 e. The van der Waals surface area contributed by atoms with Crippen LogP contribution in [0.4, 0.5) is 0 Å². The zero-order valence-corrected chi connectivity index (χ0v) is 20.7. The maximum atomic E-state index is 13.4. The number of hydrogen-bond acceptors (Lipinski definition) is 4. The topological polar surface area (TPSA) is 42.4 Å². The first kappa shape index (κ1) is 23.0. The average Bonchev–Trinajstić information content (AvgIpc) is 3.13. The molecule has 3 atom stereocenters. The first-order valence-corrected chi connectivity index (χ1v) is 13.3. The molecule has 5 rings (SSSR count). The number of piperidine rings is 1. The molecule has 34 heavy (non-hydrogen) atoms. The monoisotopic (exact) mass is 472 g/mol. The highest BCUT2D eigenvalue weighted by Crippen LogP contribution is 2.39. The summed E-state index contributed by atoms with van der Waals surface area (Å²) in [6.45, 7) is 4.41. The van der Waals surface area contributed by atoms with Gasteiger partial charge < -0.3 is 9.64 Å². The second-order valence-electron chi connectivity index (χ2n) is 9.65. The number of benzene rings is 2. The average molecular weight is 473 g/mol. The van der Waals surface area contributed by atoms with Crippen LogP contribution < -0.4 is 4.74 Å². The molecule has 3 aromatic rings. The molecule has 2 saturated heterocycles. The number of hydrogen-bond donors (Lipinski definition) is 0. The van der Waals surface area contributed by atoms with Crippen LogP contribution in [0.2, 0.25) is 0 Å². The van der Waals surface area contributed by atoms with Crippen LogP contribution in [-0.2, 0) is 5.75 Å². The molecular formula is C29H32N2O2S. The van der Waals surface area contributed by atoms with Crippen molar-refractivity contribution in [1.29, 1.82) is 0 Å². The first-order valence-electron chi connectivity index (χ1n) is 12.3. The Balaban J connectivity index is 1.21. The molecule has 1 aromatic heterocycles. The van der Waals surface area contributed by atoms with E-state index in [1.165, 1.54) is 11.1 Å². The standard InChI is InChI=1S/C29H32N2O2S/c1-20(2)26-7-3-4-8-27(26)33-25-17-23-14-15-24(18-25)31(23)29(32)22-12-10-21(11-13-22)19-34-28-9-5-6-16-30-28/h3-13,16,20,23-25H,14-15,17-19H2,1-2H3/t23-,24+,25?. The van der Waals surface area contributed by atoms with Gasteiger partial charge in [-0.2, -0.15) is 0 Å². The molecule has 0 radical (unpaired) electrons. The minimum absolute atomic E-state index is 0.164. The normalized spacial score (nSPS) is 21.6. The largest absolute Gasteiger partial charge is 0.490 e. The van der Waals surface area contributed by atoms with Crippen LogP contribution >= 0.6 is 11.8 Å². The molecule has 2 aromatic carbocycles. The van der Waals surface area contributed by atoms with E-state index >= 15 is 0 Å². The van der Waals surface area contributed by atoms with E-state index in [1.807, 2.05) is 42.6 Å². The van der Waals surface area contributed by atoms with Crippen molar-refractivity contribution in [3.8, 4) is 5.75 Å². The Hall–Kier alpha value is -2.79. The van der Waals surface area contributed by atoms with Crippen molar-refractivity contribution in [1.82, 2.24) is 9.88 Å². The highest BCUT2D eigenvalue weighted by molar-refractivity contribution is 7.98. The number of nitrogens with zero attached hydrogens (tertiary/aromatic N) is 2. The second kappa shape index (κ2) is 10.2. The molecule has 0 aliphatic carbocycles. The lowest BCUT2D eigenvalue weighted by Crippen LogP contribution is -2.49. The Kier molecular flexibility index (Phi) is 6.91. The number of fused-ring (bicyclic) bond motifs is 2. The third kappa shape index (κ3) is 5.00. The van der Waals surface area contributed by atoms with E-state index in [0.717, 1.165) is 47.8 Å². The molecule has 0 spiro atoms. The number of carbonyl (C=O) groups excluding carboxylic acids is 1. The number of thioether (sulfide) groups is 1. The molecule has 176 valence electrons. The Labute approximate surface area is 206 Å². The van der Waals surface area contributed by atoms with Crippen molar-refractivity contribution in [3.63, 3.8) is 0 Å². The molecule has 3 heterocycles. The third-order valence-corrected chi connectivity index (χ3v) is 8.00.